The zero-order valence-electron chi connectivity index (χ0n) is 9.54. The predicted molar refractivity (Wildman–Crippen MR) is 59.4 cm³/mol. The second-order valence-corrected chi connectivity index (χ2v) is 4.65. The highest BCUT2D eigenvalue weighted by Crippen LogP contribution is 2.42. The largest absolute Gasteiger partial charge is 0.481 e. The van der Waals surface area contributed by atoms with Crippen LogP contribution in [0, 0.1) is 11.3 Å². The number of carboxylic acids is 1. The first-order chi connectivity index (χ1) is 9.15. The van der Waals surface area contributed by atoms with Gasteiger partial charge in [0.1, 0.15) is 0 Å². The summed E-state index contributed by atoms with van der Waals surface area (Å²) in [6, 6.07) is 3.04. The van der Waals surface area contributed by atoms with Crippen molar-refractivity contribution in [1.82, 2.24) is 0 Å². The van der Waals surface area contributed by atoms with Crippen molar-refractivity contribution in [3.63, 3.8) is 0 Å². The second-order valence-electron chi connectivity index (χ2n) is 3.54. The van der Waals surface area contributed by atoms with Gasteiger partial charge < -0.3 is 5.11 Å². The monoisotopic (exact) mass is 311 g/mol. The zero-order valence-corrected chi connectivity index (χ0v) is 10.4. The Morgan fingerprint density at radius 3 is 2.40 bits per heavy atom. The van der Waals surface area contributed by atoms with Gasteiger partial charge in [-0.3, -0.25) is 4.79 Å². The maximum Gasteiger partial charge on any atom is 0.446 e. The van der Waals surface area contributed by atoms with Crippen LogP contribution >= 0.6 is 11.8 Å². The molecule has 1 aromatic rings. The molecule has 0 amide bonds. The molecule has 1 N–H and O–H groups in total. The molecule has 108 valence electrons. The Labute approximate surface area is 114 Å². The molecule has 0 radical (unpaired) electrons. The van der Waals surface area contributed by atoms with Crippen LogP contribution in [-0.2, 0) is 11.2 Å². The van der Waals surface area contributed by atoms with E-state index in [4.69, 9.17) is 10.4 Å². The summed E-state index contributed by atoms with van der Waals surface area (Å²) in [6.45, 7) is 0. The Hall–Kier alpha value is -1.82. The molecule has 0 saturated heterocycles. The van der Waals surface area contributed by atoms with Crippen LogP contribution in [0.5, 0.6) is 0 Å². The van der Waals surface area contributed by atoms with Crippen LogP contribution in [0.4, 0.5) is 22.0 Å². The van der Waals surface area contributed by atoms with Crippen molar-refractivity contribution in [3.8, 4) is 6.07 Å². The molecule has 0 fully saturated rings. The van der Waals surface area contributed by atoms with Crippen LogP contribution in [0.1, 0.15) is 23.1 Å². The summed E-state index contributed by atoms with van der Waals surface area (Å²) < 4.78 is 62.6. The maximum atomic E-state index is 12.9. The van der Waals surface area contributed by atoms with Gasteiger partial charge in [-0.1, -0.05) is 6.07 Å². The molecule has 0 atom stereocenters. The van der Waals surface area contributed by atoms with Crippen LogP contribution in [-0.4, -0.2) is 16.6 Å². The van der Waals surface area contributed by atoms with Gasteiger partial charge in [0.2, 0.25) is 0 Å². The topological polar surface area (TPSA) is 61.1 Å². The van der Waals surface area contributed by atoms with Crippen LogP contribution in [0.3, 0.4) is 0 Å². The summed E-state index contributed by atoms with van der Waals surface area (Å²) in [7, 11) is 0. The lowest BCUT2D eigenvalue weighted by atomic mass is 10.00. The Bertz CT molecular complexity index is 565. The smallest absolute Gasteiger partial charge is 0.446 e. The number of nitriles is 1. The Kier molecular flexibility index (Phi) is 4.94. The first kappa shape index (κ1) is 16.2. The standard InChI is InChI=1S/C11H6F5NO2S/c12-10(13)9-6(4-17)5(3-8(18)19)1-2-7(9)20-11(14,15)16/h1-2,10H,3H2,(H,18,19). The Morgan fingerprint density at radius 1 is 1.40 bits per heavy atom. The van der Waals surface area contributed by atoms with E-state index < -0.39 is 52.1 Å². The summed E-state index contributed by atoms with van der Waals surface area (Å²) in [5.74, 6) is -1.38. The number of carbonyl (C=O) groups is 1. The lowest BCUT2D eigenvalue weighted by molar-refractivity contribution is -0.136. The number of benzene rings is 1. The fraction of sp³-hybridized carbons (Fsp3) is 0.273. The highest BCUT2D eigenvalue weighted by Gasteiger charge is 2.33. The van der Waals surface area contributed by atoms with E-state index in [-0.39, 0.29) is 5.56 Å². The molecule has 0 bridgehead atoms. The van der Waals surface area contributed by atoms with Gasteiger partial charge in [-0.2, -0.15) is 18.4 Å². The van der Waals surface area contributed by atoms with Gasteiger partial charge in [0.25, 0.3) is 6.43 Å². The normalized spacial score (nSPS) is 11.4. The molecule has 0 heterocycles. The minimum absolute atomic E-state index is 0.248. The van der Waals surface area contributed by atoms with Gasteiger partial charge >= 0.3 is 11.5 Å². The summed E-state index contributed by atoms with van der Waals surface area (Å²) >= 11 is -0.766. The third-order valence-corrected chi connectivity index (χ3v) is 3.00. The van der Waals surface area contributed by atoms with E-state index in [1.54, 1.807) is 0 Å². The lowest BCUT2D eigenvalue weighted by Crippen LogP contribution is -2.08. The molecule has 9 heteroatoms. The summed E-state index contributed by atoms with van der Waals surface area (Å²) in [6.07, 6.45) is -4.04. The molecule has 1 aromatic carbocycles. The Balaban J connectivity index is 3.43. The van der Waals surface area contributed by atoms with Gasteiger partial charge in [-0.05, 0) is 23.4 Å². The quantitative estimate of drug-likeness (QED) is 0.680. The fourth-order valence-corrected chi connectivity index (χ4v) is 2.20. The van der Waals surface area contributed by atoms with Crippen molar-refractivity contribution in [2.24, 2.45) is 0 Å². The molecule has 0 aliphatic heterocycles. The van der Waals surface area contributed by atoms with E-state index in [1.807, 2.05) is 0 Å². The summed E-state index contributed by atoms with van der Waals surface area (Å²) in [5.41, 5.74) is -6.85. The number of alkyl halides is 5. The van der Waals surface area contributed by atoms with E-state index in [9.17, 15) is 26.7 Å². The third-order valence-electron chi connectivity index (χ3n) is 2.19. The van der Waals surface area contributed by atoms with E-state index in [2.05, 4.69) is 0 Å². The molecule has 3 nitrogen and oxygen atoms in total. The molecule has 1 rings (SSSR count). The van der Waals surface area contributed by atoms with Crippen molar-refractivity contribution in [3.05, 3.63) is 28.8 Å². The SMILES string of the molecule is N#Cc1c(CC(=O)O)ccc(SC(F)(F)F)c1C(F)F. The van der Waals surface area contributed by atoms with Crippen molar-refractivity contribution >= 4 is 17.7 Å². The second kappa shape index (κ2) is 6.09. The highest BCUT2D eigenvalue weighted by molar-refractivity contribution is 8.00. The lowest BCUT2D eigenvalue weighted by Gasteiger charge is -2.14. The summed E-state index contributed by atoms with van der Waals surface area (Å²) in [4.78, 5) is 9.74. The highest BCUT2D eigenvalue weighted by atomic mass is 32.2. The van der Waals surface area contributed by atoms with Crippen molar-refractivity contribution in [1.29, 1.82) is 5.26 Å². The molecule has 0 aromatic heterocycles. The predicted octanol–water partition coefficient (Wildman–Crippen LogP) is 3.73. The van der Waals surface area contributed by atoms with E-state index in [0.717, 1.165) is 12.1 Å². The van der Waals surface area contributed by atoms with Crippen molar-refractivity contribution < 1.29 is 31.9 Å². The van der Waals surface area contributed by atoms with E-state index in [1.165, 1.54) is 6.07 Å². The van der Waals surface area contributed by atoms with Crippen LogP contribution in [0.2, 0.25) is 0 Å². The van der Waals surface area contributed by atoms with Crippen molar-refractivity contribution in [2.45, 2.75) is 23.3 Å². The molecule has 0 aliphatic carbocycles. The number of thioether (sulfide) groups is 1. The molecular weight excluding hydrogens is 305 g/mol. The minimum Gasteiger partial charge on any atom is -0.481 e. The van der Waals surface area contributed by atoms with Crippen LogP contribution in [0.15, 0.2) is 17.0 Å². The number of halogens is 5. The zero-order chi connectivity index (χ0) is 15.5. The molecule has 0 spiro atoms. The first-order valence-corrected chi connectivity index (χ1v) is 5.79. The van der Waals surface area contributed by atoms with Gasteiger partial charge in [-0.15, -0.1) is 0 Å². The molecular formula is C11H6F5NO2S. The van der Waals surface area contributed by atoms with Gasteiger partial charge in [0.15, 0.2) is 0 Å². The number of carboxylic acid groups (broad SMARTS) is 1. The third kappa shape index (κ3) is 4.09. The van der Waals surface area contributed by atoms with Crippen molar-refractivity contribution in [2.75, 3.05) is 0 Å². The number of aliphatic carboxylic acids is 1. The average Bonchev–Trinajstić information content (AvgIpc) is 2.27. The first-order valence-electron chi connectivity index (χ1n) is 4.97. The number of hydrogen-bond donors (Lipinski definition) is 1. The van der Waals surface area contributed by atoms with E-state index in [0.29, 0.717) is 0 Å². The molecule has 0 saturated carbocycles. The fourth-order valence-electron chi connectivity index (χ4n) is 1.52. The van der Waals surface area contributed by atoms with Gasteiger partial charge in [0.05, 0.1) is 18.1 Å². The molecule has 0 aliphatic rings. The van der Waals surface area contributed by atoms with Gasteiger partial charge in [-0.25, -0.2) is 8.78 Å². The van der Waals surface area contributed by atoms with Crippen LogP contribution in [0.25, 0.3) is 0 Å². The average molecular weight is 311 g/mol. The summed E-state index contributed by atoms with van der Waals surface area (Å²) in [5, 5.41) is 17.4. The minimum atomic E-state index is -4.79. The maximum absolute atomic E-state index is 12.9. The van der Waals surface area contributed by atoms with Gasteiger partial charge in [0, 0.05) is 10.5 Å². The number of hydrogen-bond acceptors (Lipinski definition) is 3. The Morgan fingerprint density at radius 2 is 2.00 bits per heavy atom. The molecule has 20 heavy (non-hydrogen) atoms. The van der Waals surface area contributed by atoms with Crippen LogP contribution < -0.4 is 0 Å². The number of rotatable bonds is 4. The number of nitrogens with zero attached hydrogens (tertiary/aromatic N) is 1. The van der Waals surface area contributed by atoms with E-state index >= 15 is 0 Å². The molecule has 0 unspecified atom stereocenters.